The molecule has 1 fully saturated rings. The van der Waals surface area contributed by atoms with Crippen molar-refractivity contribution in [2.75, 3.05) is 26.0 Å². The molecule has 0 aromatic heterocycles. The number of hydrogen-bond acceptors (Lipinski definition) is 5. The standard InChI is InChI=1S/C12H23O5P/c1-3-16-18(14,17-4-2)10-12(13)15-9-11-7-5-6-8-11/h11H,3-10H2,1-2H3. The maximum absolute atomic E-state index is 12.1. The van der Waals surface area contributed by atoms with Crippen LogP contribution in [-0.2, 0) is 23.1 Å². The minimum absolute atomic E-state index is 0.257. The summed E-state index contributed by atoms with van der Waals surface area (Å²) in [6, 6.07) is 0. The number of ether oxygens (including phenoxy) is 1. The predicted octanol–water partition coefficient (Wildman–Crippen LogP) is 2.99. The van der Waals surface area contributed by atoms with Crippen LogP contribution in [0.2, 0.25) is 0 Å². The second kappa shape index (κ2) is 7.93. The molecule has 6 heteroatoms. The van der Waals surface area contributed by atoms with Gasteiger partial charge in [0.1, 0.15) is 6.16 Å². The second-order valence-electron chi connectivity index (χ2n) is 4.44. The first-order valence-corrected chi connectivity index (χ1v) is 8.36. The van der Waals surface area contributed by atoms with Crippen molar-refractivity contribution in [3.8, 4) is 0 Å². The fourth-order valence-corrected chi connectivity index (χ4v) is 3.56. The first-order valence-electron chi connectivity index (χ1n) is 6.63. The van der Waals surface area contributed by atoms with E-state index in [0.717, 1.165) is 12.8 Å². The summed E-state index contributed by atoms with van der Waals surface area (Å²) in [5.41, 5.74) is 0. The third-order valence-corrected chi connectivity index (χ3v) is 4.88. The van der Waals surface area contributed by atoms with E-state index in [0.29, 0.717) is 12.5 Å². The Morgan fingerprint density at radius 1 is 1.17 bits per heavy atom. The van der Waals surface area contributed by atoms with Crippen LogP contribution in [0.15, 0.2) is 0 Å². The van der Waals surface area contributed by atoms with Crippen molar-refractivity contribution in [2.45, 2.75) is 39.5 Å². The summed E-state index contributed by atoms with van der Waals surface area (Å²) in [7, 11) is -3.31. The van der Waals surface area contributed by atoms with Crippen LogP contribution in [-0.4, -0.2) is 32.0 Å². The Balaban J connectivity index is 2.33. The average molecular weight is 278 g/mol. The topological polar surface area (TPSA) is 61.8 Å². The lowest BCUT2D eigenvalue weighted by molar-refractivity contribution is -0.142. The Morgan fingerprint density at radius 3 is 2.22 bits per heavy atom. The molecule has 0 saturated heterocycles. The van der Waals surface area contributed by atoms with E-state index >= 15 is 0 Å². The first kappa shape index (κ1) is 15.7. The van der Waals surface area contributed by atoms with E-state index in [-0.39, 0.29) is 19.4 Å². The average Bonchev–Trinajstić information content (AvgIpc) is 2.79. The number of rotatable bonds is 8. The Hall–Kier alpha value is -0.380. The molecule has 0 radical (unpaired) electrons. The Kier molecular flexibility index (Phi) is 6.90. The van der Waals surface area contributed by atoms with Gasteiger partial charge in [-0.15, -0.1) is 0 Å². The number of esters is 1. The SMILES string of the molecule is CCOP(=O)(CC(=O)OCC1CCCC1)OCC. The maximum atomic E-state index is 12.1. The zero-order chi connectivity index (χ0) is 13.4. The van der Waals surface area contributed by atoms with Crippen molar-refractivity contribution < 1.29 is 23.1 Å². The Bertz CT molecular complexity index is 289. The van der Waals surface area contributed by atoms with Gasteiger partial charge in [-0.2, -0.15) is 0 Å². The van der Waals surface area contributed by atoms with Crippen LogP contribution >= 0.6 is 7.60 Å². The molecule has 0 aromatic carbocycles. The zero-order valence-corrected chi connectivity index (χ0v) is 12.1. The van der Waals surface area contributed by atoms with Crippen molar-refractivity contribution in [3.05, 3.63) is 0 Å². The smallest absolute Gasteiger partial charge is 0.341 e. The first-order chi connectivity index (χ1) is 8.59. The van der Waals surface area contributed by atoms with Gasteiger partial charge in [0.25, 0.3) is 0 Å². The third-order valence-electron chi connectivity index (χ3n) is 2.93. The van der Waals surface area contributed by atoms with Gasteiger partial charge in [0.15, 0.2) is 0 Å². The minimum atomic E-state index is -3.31. The van der Waals surface area contributed by atoms with Crippen LogP contribution in [0.5, 0.6) is 0 Å². The van der Waals surface area contributed by atoms with Gasteiger partial charge in [-0.25, -0.2) is 0 Å². The van der Waals surface area contributed by atoms with Crippen LogP contribution in [0.25, 0.3) is 0 Å². The van der Waals surface area contributed by atoms with Crippen molar-refractivity contribution in [1.82, 2.24) is 0 Å². The highest BCUT2D eigenvalue weighted by molar-refractivity contribution is 7.54. The Morgan fingerprint density at radius 2 is 1.72 bits per heavy atom. The van der Waals surface area contributed by atoms with Crippen LogP contribution in [0.4, 0.5) is 0 Å². The largest absolute Gasteiger partial charge is 0.465 e. The van der Waals surface area contributed by atoms with Crippen LogP contribution in [0, 0.1) is 5.92 Å². The minimum Gasteiger partial charge on any atom is -0.465 e. The molecule has 0 unspecified atom stereocenters. The molecule has 0 N–H and O–H groups in total. The third kappa shape index (κ3) is 5.51. The van der Waals surface area contributed by atoms with Gasteiger partial charge < -0.3 is 13.8 Å². The summed E-state index contributed by atoms with van der Waals surface area (Å²) in [5.74, 6) is -0.0281. The van der Waals surface area contributed by atoms with E-state index in [1.54, 1.807) is 13.8 Å². The maximum Gasteiger partial charge on any atom is 0.341 e. The highest BCUT2D eigenvalue weighted by Gasteiger charge is 2.29. The Labute approximate surface area is 109 Å². The van der Waals surface area contributed by atoms with Crippen molar-refractivity contribution in [1.29, 1.82) is 0 Å². The summed E-state index contributed by atoms with van der Waals surface area (Å²) < 4.78 is 27.3. The molecule has 1 aliphatic rings. The van der Waals surface area contributed by atoms with E-state index in [9.17, 15) is 9.36 Å². The molecule has 0 spiro atoms. The molecular weight excluding hydrogens is 255 g/mol. The lowest BCUT2D eigenvalue weighted by Gasteiger charge is -2.16. The lowest BCUT2D eigenvalue weighted by Crippen LogP contribution is -2.16. The summed E-state index contributed by atoms with van der Waals surface area (Å²) in [6.45, 7) is 4.38. The fourth-order valence-electron chi connectivity index (χ4n) is 2.11. The number of carbonyl (C=O) groups is 1. The van der Waals surface area contributed by atoms with Gasteiger partial charge in [0.05, 0.1) is 19.8 Å². The van der Waals surface area contributed by atoms with Gasteiger partial charge in [-0.1, -0.05) is 12.8 Å². The molecule has 0 aliphatic heterocycles. The van der Waals surface area contributed by atoms with Gasteiger partial charge in [0.2, 0.25) is 0 Å². The summed E-state index contributed by atoms with van der Waals surface area (Å²) >= 11 is 0. The van der Waals surface area contributed by atoms with E-state index in [1.807, 2.05) is 0 Å². The molecule has 1 aliphatic carbocycles. The molecule has 18 heavy (non-hydrogen) atoms. The van der Waals surface area contributed by atoms with E-state index in [4.69, 9.17) is 13.8 Å². The molecule has 0 aromatic rings. The highest BCUT2D eigenvalue weighted by atomic mass is 31.2. The van der Waals surface area contributed by atoms with Gasteiger partial charge in [-0.3, -0.25) is 9.36 Å². The highest BCUT2D eigenvalue weighted by Crippen LogP contribution is 2.47. The molecule has 0 bridgehead atoms. The molecule has 5 nitrogen and oxygen atoms in total. The van der Waals surface area contributed by atoms with E-state index < -0.39 is 13.6 Å². The fraction of sp³-hybridized carbons (Fsp3) is 0.917. The molecule has 0 amide bonds. The van der Waals surface area contributed by atoms with E-state index in [2.05, 4.69) is 0 Å². The van der Waals surface area contributed by atoms with Crippen molar-refractivity contribution in [3.63, 3.8) is 0 Å². The van der Waals surface area contributed by atoms with Crippen molar-refractivity contribution >= 4 is 13.6 Å². The van der Waals surface area contributed by atoms with Gasteiger partial charge in [-0.05, 0) is 32.6 Å². The van der Waals surface area contributed by atoms with Crippen LogP contribution in [0.3, 0.4) is 0 Å². The molecule has 1 saturated carbocycles. The zero-order valence-electron chi connectivity index (χ0n) is 11.2. The predicted molar refractivity (Wildman–Crippen MR) is 68.6 cm³/mol. The van der Waals surface area contributed by atoms with Gasteiger partial charge >= 0.3 is 13.6 Å². The summed E-state index contributed by atoms with van der Waals surface area (Å²) in [6.07, 6.45) is 4.35. The number of carbonyl (C=O) groups excluding carboxylic acids is 1. The normalized spacial score (nSPS) is 17.0. The summed E-state index contributed by atoms with van der Waals surface area (Å²) in [5, 5.41) is 0. The molecule has 106 valence electrons. The number of hydrogen-bond donors (Lipinski definition) is 0. The monoisotopic (exact) mass is 278 g/mol. The second-order valence-corrected chi connectivity index (χ2v) is 6.49. The quantitative estimate of drug-likeness (QED) is 0.504. The van der Waals surface area contributed by atoms with Crippen molar-refractivity contribution in [2.24, 2.45) is 5.92 Å². The lowest BCUT2D eigenvalue weighted by atomic mass is 10.1. The van der Waals surface area contributed by atoms with Crippen LogP contribution < -0.4 is 0 Å². The molecular formula is C12H23O5P. The molecule has 0 atom stereocenters. The molecule has 1 rings (SSSR count). The summed E-state index contributed by atoms with van der Waals surface area (Å²) in [4.78, 5) is 11.6. The molecule has 0 heterocycles. The van der Waals surface area contributed by atoms with Gasteiger partial charge in [0, 0.05) is 0 Å². The van der Waals surface area contributed by atoms with Crippen LogP contribution in [0.1, 0.15) is 39.5 Å². The van der Waals surface area contributed by atoms with E-state index in [1.165, 1.54) is 12.8 Å².